The summed E-state index contributed by atoms with van der Waals surface area (Å²) in [4.78, 5) is 1.37. The van der Waals surface area contributed by atoms with Crippen LogP contribution in [-0.2, 0) is 6.54 Å². The third-order valence-corrected chi connectivity index (χ3v) is 3.60. The summed E-state index contributed by atoms with van der Waals surface area (Å²) in [5.74, 6) is 1.07. The summed E-state index contributed by atoms with van der Waals surface area (Å²) in [6.45, 7) is 3.08. The van der Waals surface area contributed by atoms with Crippen molar-refractivity contribution >= 4 is 11.8 Å². The number of allylic oxidation sites excluding steroid dienone is 1. The molecule has 0 radical (unpaired) electrons. The second-order valence-corrected chi connectivity index (χ2v) is 5.28. The Morgan fingerprint density at radius 2 is 2.31 bits per heavy atom. The quantitative estimate of drug-likeness (QED) is 0.595. The largest absolute Gasteiger partial charge is 0.310 e. The Bertz CT molecular complexity index is 356. The zero-order chi connectivity index (χ0) is 11.2. The van der Waals surface area contributed by atoms with E-state index < -0.39 is 0 Å². The van der Waals surface area contributed by atoms with Crippen LogP contribution in [0.25, 0.3) is 0 Å². The standard InChI is InChI=1S/C14H19NS/c1-2-3-9-16-14-6-4-5-12(10-14)11-15-13-7-8-13/h2-6,10,13,15H,7-9,11H2,1H3. The van der Waals surface area contributed by atoms with Crippen molar-refractivity contribution in [1.82, 2.24) is 5.32 Å². The number of rotatable bonds is 6. The van der Waals surface area contributed by atoms with Crippen molar-refractivity contribution in [3.63, 3.8) is 0 Å². The molecule has 86 valence electrons. The molecule has 0 aromatic heterocycles. The van der Waals surface area contributed by atoms with Crippen LogP contribution in [0.4, 0.5) is 0 Å². The minimum atomic E-state index is 0.791. The average molecular weight is 233 g/mol. The first-order valence-corrected chi connectivity index (χ1v) is 6.93. The Kier molecular flexibility index (Phi) is 4.49. The maximum Gasteiger partial charge on any atom is 0.0208 e. The van der Waals surface area contributed by atoms with E-state index in [2.05, 4.69) is 48.7 Å². The van der Waals surface area contributed by atoms with Gasteiger partial charge in [-0.25, -0.2) is 0 Å². The monoisotopic (exact) mass is 233 g/mol. The van der Waals surface area contributed by atoms with Gasteiger partial charge in [-0.2, -0.15) is 0 Å². The molecule has 0 bridgehead atoms. The van der Waals surface area contributed by atoms with E-state index in [0.29, 0.717) is 0 Å². The molecular weight excluding hydrogens is 214 g/mol. The highest BCUT2D eigenvalue weighted by atomic mass is 32.2. The molecular formula is C14H19NS. The van der Waals surface area contributed by atoms with Gasteiger partial charge in [-0.1, -0.05) is 24.3 Å². The molecule has 0 spiro atoms. The molecule has 0 unspecified atom stereocenters. The van der Waals surface area contributed by atoms with Gasteiger partial charge in [0.15, 0.2) is 0 Å². The predicted molar refractivity (Wildman–Crippen MR) is 71.8 cm³/mol. The van der Waals surface area contributed by atoms with Crippen molar-refractivity contribution in [3.05, 3.63) is 42.0 Å². The molecule has 0 atom stereocenters. The Morgan fingerprint density at radius 1 is 1.44 bits per heavy atom. The van der Waals surface area contributed by atoms with Crippen LogP contribution in [-0.4, -0.2) is 11.8 Å². The van der Waals surface area contributed by atoms with Crippen molar-refractivity contribution in [1.29, 1.82) is 0 Å². The molecule has 1 aromatic rings. The molecule has 0 amide bonds. The number of hydrogen-bond donors (Lipinski definition) is 1. The molecule has 1 aliphatic rings. The van der Waals surface area contributed by atoms with Crippen molar-refractivity contribution < 1.29 is 0 Å². The van der Waals surface area contributed by atoms with Crippen molar-refractivity contribution in [3.8, 4) is 0 Å². The first-order chi connectivity index (χ1) is 7.88. The molecule has 1 aromatic carbocycles. The first-order valence-electron chi connectivity index (χ1n) is 5.95. The highest BCUT2D eigenvalue weighted by Crippen LogP contribution is 2.21. The van der Waals surface area contributed by atoms with E-state index in [4.69, 9.17) is 0 Å². The van der Waals surface area contributed by atoms with E-state index in [1.807, 2.05) is 11.8 Å². The first kappa shape index (κ1) is 11.7. The lowest BCUT2D eigenvalue weighted by Gasteiger charge is -2.05. The van der Waals surface area contributed by atoms with Crippen LogP contribution in [0.5, 0.6) is 0 Å². The summed E-state index contributed by atoms with van der Waals surface area (Å²) < 4.78 is 0. The number of hydrogen-bond acceptors (Lipinski definition) is 2. The van der Waals surface area contributed by atoms with Crippen molar-refractivity contribution in [2.75, 3.05) is 5.75 Å². The molecule has 1 fully saturated rings. The smallest absolute Gasteiger partial charge is 0.0208 e. The van der Waals surface area contributed by atoms with E-state index in [1.165, 1.54) is 23.3 Å². The van der Waals surface area contributed by atoms with Gasteiger partial charge < -0.3 is 5.32 Å². The Morgan fingerprint density at radius 3 is 3.06 bits per heavy atom. The third kappa shape index (κ3) is 4.03. The molecule has 0 saturated heterocycles. The topological polar surface area (TPSA) is 12.0 Å². The van der Waals surface area contributed by atoms with E-state index in [1.54, 1.807) is 0 Å². The minimum absolute atomic E-state index is 0.791. The minimum Gasteiger partial charge on any atom is -0.310 e. The highest BCUT2D eigenvalue weighted by Gasteiger charge is 2.19. The van der Waals surface area contributed by atoms with E-state index in [-0.39, 0.29) is 0 Å². The molecule has 0 heterocycles. The fourth-order valence-corrected chi connectivity index (χ4v) is 2.43. The van der Waals surface area contributed by atoms with Crippen LogP contribution in [0.3, 0.4) is 0 Å². The summed E-state index contributed by atoms with van der Waals surface area (Å²) in [6.07, 6.45) is 7.01. The van der Waals surface area contributed by atoms with Crippen LogP contribution in [0.2, 0.25) is 0 Å². The van der Waals surface area contributed by atoms with E-state index in [9.17, 15) is 0 Å². The summed E-state index contributed by atoms with van der Waals surface area (Å²) in [5.41, 5.74) is 1.40. The third-order valence-electron chi connectivity index (χ3n) is 2.65. The van der Waals surface area contributed by atoms with E-state index >= 15 is 0 Å². The zero-order valence-electron chi connectivity index (χ0n) is 9.78. The molecule has 1 saturated carbocycles. The fourth-order valence-electron chi connectivity index (χ4n) is 1.54. The molecule has 2 heteroatoms. The number of thioether (sulfide) groups is 1. The molecule has 1 nitrogen and oxygen atoms in total. The summed E-state index contributed by atoms with van der Waals surface area (Å²) in [7, 11) is 0. The lowest BCUT2D eigenvalue weighted by atomic mass is 10.2. The molecule has 2 rings (SSSR count). The zero-order valence-corrected chi connectivity index (χ0v) is 10.6. The average Bonchev–Trinajstić information content (AvgIpc) is 3.11. The van der Waals surface area contributed by atoms with Gasteiger partial charge in [-0.15, -0.1) is 11.8 Å². The van der Waals surface area contributed by atoms with Gasteiger partial charge >= 0.3 is 0 Å². The lowest BCUT2D eigenvalue weighted by molar-refractivity contribution is 0.687. The highest BCUT2D eigenvalue weighted by molar-refractivity contribution is 7.99. The van der Waals surface area contributed by atoms with Crippen LogP contribution in [0.15, 0.2) is 41.3 Å². The molecule has 16 heavy (non-hydrogen) atoms. The van der Waals surface area contributed by atoms with Crippen LogP contribution in [0, 0.1) is 0 Å². The second-order valence-electron chi connectivity index (χ2n) is 4.18. The molecule has 1 aliphatic carbocycles. The molecule has 0 aliphatic heterocycles. The van der Waals surface area contributed by atoms with Gasteiger partial charge in [-0.05, 0) is 37.5 Å². The summed E-state index contributed by atoms with van der Waals surface area (Å²) in [6, 6.07) is 9.63. The van der Waals surface area contributed by atoms with Gasteiger partial charge in [0.25, 0.3) is 0 Å². The Labute approximate surface area is 102 Å². The normalized spacial score (nSPS) is 15.8. The van der Waals surface area contributed by atoms with Gasteiger partial charge in [0.2, 0.25) is 0 Å². The molecule has 1 N–H and O–H groups in total. The SMILES string of the molecule is CC=CCSc1cccc(CNC2CC2)c1. The number of nitrogens with one attached hydrogen (secondary N) is 1. The Hall–Kier alpha value is -0.730. The maximum atomic E-state index is 3.54. The van der Waals surface area contributed by atoms with Gasteiger partial charge in [-0.3, -0.25) is 0 Å². The Balaban J connectivity index is 1.84. The summed E-state index contributed by atoms with van der Waals surface area (Å²) >= 11 is 1.89. The predicted octanol–water partition coefficient (Wildman–Crippen LogP) is 3.61. The van der Waals surface area contributed by atoms with Gasteiger partial charge in [0, 0.05) is 23.2 Å². The summed E-state index contributed by atoms with van der Waals surface area (Å²) in [5, 5.41) is 3.54. The van der Waals surface area contributed by atoms with Crippen molar-refractivity contribution in [2.24, 2.45) is 0 Å². The van der Waals surface area contributed by atoms with Gasteiger partial charge in [0.05, 0.1) is 0 Å². The van der Waals surface area contributed by atoms with Crippen LogP contribution < -0.4 is 5.32 Å². The maximum absolute atomic E-state index is 3.54. The van der Waals surface area contributed by atoms with Crippen LogP contribution in [0.1, 0.15) is 25.3 Å². The van der Waals surface area contributed by atoms with Gasteiger partial charge in [0.1, 0.15) is 0 Å². The lowest BCUT2D eigenvalue weighted by Crippen LogP contribution is -2.15. The fraction of sp³-hybridized carbons (Fsp3) is 0.429. The van der Waals surface area contributed by atoms with E-state index in [0.717, 1.165) is 18.3 Å². The van der Waals surface area contributed by atoms with Crippen LogP contribution >= 0.6 is 11.8 Å². The number of benzene rings is 1. The van der Waals surface area contributed by atoms with Crippen molar-refractivity contribution in [2.45, 2.75) is 37.2 Å². The second kappa shape index (κ2) is 6.12.